The lowest BCUT2D eigenvalue weighted by molar-refractivity contribution is -0.192. The third-order valence-electron chi connectivity index (χ3n) is 4.80. The second kappa shape index (κ2) is 11.9. The third kappa shape index (κ3) is 6.75. The summed E-state index contributed by atoms with van der Waals surface area (Å²) in [5.41, 5.74) is 2.49. The lowest BCUT2D eigenvalue weighted by atomic mass is 10.2. The van der Waals surface area contributed by atoms with Gasteiger partial charge in [0.15, 0.2) is 5.82 Å². The Balaban J connectivity index is 0.000000470. The number of aromatic amines is 1. The van der Waals surface area contributed by atoms with Crippen LogP contribution in [0.15, 0.2) is 49.1 Å². The average Bonchev–Trinajstić information content (AvgIpc) is 3.61. The van der Waals surface area contributed by atoms with E-state index in [-0.39, 0.29) is 11.6 Å². The van der Waals surface area contributed by atoms with E-state index in [9.17, 15) is 18.0 Å². The van der Waals surface area contributed by atoms with Gasteiger partial charge in [0.05, 0.1) is 35.1 Å². The Morgan fingerprint density at radius 1 is 1.12 bits per heavy atom. The molecule has 18 heteroatoms. The number of hydrogen-bond acceptors (Lipinski definition) is 11. The van der Waals surface area contributed by atoms with Crippen LogP contribution in [0, 0.1) is 0 Å². The molecule has 0 spiro atoms. The molecule has 0 aliphatic heterocycles. The van der Waals surface area contributed by atoms with Gasteiger partial charge in [0.25, 0.3) is 5.91 Å². The van der Waals surface area contributed by atoms with E-state index >= 15 is 0 Å². The molecule has 206 valence electrons. The highest BCUT2D eigenvalue weighted by atomic mass is 35.5. The molecule has 40 heavy (non-hydrogen) atoms. The van der Waals surface area contributed by atoms with Gasteiger partial charge in [-0.05, 0) is 24.3 Å². The first-order chi connectivity index (χ1) is 19.0. The predicted molar refractivity (Wildman–Crippen MR) is 138 cm³/mol. The largest absolute Gasteiger partial charge is 0.490 e. The van der Waals surface area contributed by atoms with Gasteiger partial charge in [-0.2, -0.15) is 27.6 Å². The van der Waals surface area contributed by atoms with Crippen LogP contribution in [-0.4, -0.2) is 64.8 Å². The molecule has 0 atom stereocenters. The number of H-pyrrole nitrogens is 1. The van der Waals surface area contributed by atoms with Gasteiger partial charge in [0.2, 0.25) is 5.13 Å². The number of carbonyl (C=O) groups excluding carboxylic acids is 1. The van der Waals surface area contributed by atoms with Crippen molar-refractivity contribution in [2.45, 2.75) is 6.18 Å². The Bertz CT molecular complexity index is 1660. The van der Waals surface area contributed by atoms with Gasteiger partial charge >= 0.3 is 18.2 Å². The number of nitrogens with zero attached hydrogens (tertiary/aromatic N) is 6. The molecule has 4 heterocycles. The van der Waals surface area contributed by atoms with Gasteiger partial charge in [-0.25, -0.2) is 19.7 Å². The van der Waals surface area contributed by atoms with Crippen molar-refractivity contribution in [3.05, 3.63) is 59.6 Å². The van der Waals surface area contributed by atoms with Crippen LogP contribution in [0.25, 0.3) is 22.3 Å². The number of carboxylic acid groups (broad SMARTS) is 1. The minimum Gasteiger partial charge on any atom is -0.475 e. The van der Waals surface area contributed by atoms with Crippen molar-refractivity contribution in [1.82, 2.24) is 34.5 Å². The number of aliphatic carboxylic acids is 1. The van der Waals surface area contributed by atoms with E-state index in [0.29, 0.717) is 33.0 Å². The summed E-state index contributed by atoms with van der Waals surface area (Å²) >= 11 is 7.65. The molecule has 5 rings (SSSR count). The van der Waals surface area contributed by atoms with Crippen LogP contribution in [0.4, 0.5) is 29.8 Å². The zero-order valence-corrected chi connectivity index (χ0v) is 21.5. The fraction of sp³-hybridized carbons (Fsp3) is 0.0909. The minimum absolute atomic E-state index is 0.177. The van der Waals surface area contributed by atoms with Gasteiger partial charge in [0, 0.05) is 41.1 Å². The topological polar surface area (TPSA) is 181 Å². The number of halogens is 4. The first kappa shape index (κ1) is 28.1. The highest BCUT2D eigenvalue weighted by molar-refractivity contribution is 7.10. The fourth-order valence-corrected chi connectivity index (χ4v) is 3.81. The first-order valence-electron chi connectivity index (χ1n) is 10.7. The summed E-state index contributed by atoms with van der Waals surface area (Å²) in [6, 6.07) is 7.33. The van der Waals surface area contributed by atoms with Gasteiger partial charge in [0.1, 0.15) is 5.82 Å². The summed E-state index contributed by atoms with van der Waals surface area (Å²) < 4.78 is 41.0. The molecule has 0 saturated carbocycles. The number of aromatic nitrogens is 7. The van der Waals surface area contributed by atoms with Crippen molar-refractivity contribution in [3.63, 3.8) is 0 Å². The molecule has 0 unspecified atom stereocenters. The Labute approximate surface area is 230 Å². The van der Waals surface area contributed by atoms with E-state index in [1.54, 1.807) is 24.5 Å². The smallest absolute Gasteiger partial charge is 0.475 e. The first-order valence-corrected chi connectivity index (χ1v) is 11.9. The molecule has 4 N–H and O–H groups in total. The Morgan fingerprint density at radius 2 is 1.85 bits per heavy atom. The normalized spacial score (nSPS) is 10.9. The van der Waals surface area contributed by atoms with E-state index < -0.39 is 18.1 Å². The Kier molecular flexibility index (Phi) is 8.34. The SMILES string of the molecule is COc1ncc(C(=O)Nc2cc(-c3nsc(Nc4ccc5[nH]ncc5c4Cl)n3)ccn2)cn1.O=C(O)C(F)(F)F. The van der Waals surface area contributed by atoms with Gasteiger partial charge < -0.3 is 20.5 Å². The molecule has 0 radical (unpaired) electrons. The molecule has 0 aliphatic carbocycles. The number of carbonyl (C=O) groups is 2. The van der Waals surface area contributed by atoms with E-state index in [2.05, 4.69) is 45.1 Å². The van der Waals surface area contributed by atoms with Crippen LogP contribution in [0.1, 0.15) is 10.4 Å². The molecular weight excluding hydrogens is 579 g/mol. The van der Waals surface area contributed by atoms with E-state index in [0.717, 1.165) is 10.9 Å². The molecule has 5 aromatic rings. The maximum absolute atomic E-state index is 12.4. The highest BCUT2D eigenvalue weighted by Gasteiger charge is 2.38. The number of rotatable bonds is 6. The maximum Gasteiger partial charge on any atom is 0.490 e. The van der Waals surface area contributed by atoms with Crippen LogP contribution >= 0.6 is 23.1 Å². The standard InChI is InChI=1S/C20H14ClN9O2S.C2HF3O2/c1-32-19-23-7-11(8-24-19)18(31)27-15-6-10(4-5-22-15)17-28-20(33-30-17)26-14-3-2-13-12(16(14)21)9-25-29-13;3-2(4,5)1(6)7/h2-9H,1H3,(H,25,29)(H,22,27,31)(H,26,28,30);(H,6,7). The summed E-state index contributed by atoms with van der Waals surface area (Å²) in [7, 11) is 1.45. The number of pyridine rings is 1. The number of amides is 1. The number of alkyl halides is 3. The minimum atomic E-state index is -5.08. The number of nitrogens with one attached hydrogen (secondary N) is 3. The van der Waals surface area contributed by atoms with Crippen molar-refractivity contribution in [2.75, 3.05) is 17.7 Å². The van der Waals surface area contributed by atoms with E-state index in [1.807, 2.05) is 12.1 Å². The van der Waals surface area contributed by atoms with Crippen molar-refractivity contribution in [3.8, 4) is 17.4 Å². The molecule has 0 fully saturated rings. The molecule has 0 bridgehead atoms. The quantitative estimate of drug-likeness (QED) is 0.217. The second-order valence-electron chi connectivity index (χ2n) is 7.45. The van der Waals surface area contributed by atoms with Gasteiger partial charge in [-0.1, -0.05) is 11.6 Å². The summed E-state index contributed by atoms with van der Waals surface area (Å²) in [6.07, 6.45) is 0.889. The highest BCUT2D eigenvalue weighted by Crippen LogP contribution is 2.33. The number of anilines is 3. The number of hydrogen-bond donors (Lipinski definition) is 4. The van der Waals surface area contributed by atoms with Crippen LogP contribution in [0.2, 0.25) is 5.02 Å². The van der Waals surface area contributed by atoms with Crippen LogP contribution < -0.4 is 15.4 Å². The zero-order chi connectivity index (χ0) is 28.9. The van der Waals surface area contributed by atoms with Crippen LogP contribution in [-0.2, 0) is 4.79 Å². The molecule has 13 nitrogen and oxygen atoms in total. The van der Waals surface area contributed by atoms with Gasteiger partial charge in [-0.15, -0.1) is 0 Å². The Morgan fingerprint density at radius 3 is 2.52 bits per heavy atom. The lowest BCUT2D eigenvalue weighted by Crippen LogP contribution is -2.21. The predicted octanol–water partition coefficient (Wildman–Crippen LogP) is 4.56. The maximum atomic E-state index is 12.4. The van der Waals surface area contributed by atoms with Crippen molar-refractivity contribution < 1.29 is 32.6 Å². The summed E-state index contributed by atoms with van der Waals surface area (Å²) in [5, 5.41) is 21.8. The molecule has 0 saturated heterocycles. The van der Waals surface area contributed by atoms with Crippen molar-refractivity contribution in [2.24, 2.45) is 0 Å². The lowest BCUT2D eigenvalue weighted by Gasteiger charge is -2.06. The molecular formula is C22H15ClF3N9O4S. The number of ether oxygens (including phenoxy) is 1. The Hall–Kier alpha value is -4.90. The van der Waals surface area contributed by atoms with Gasteiger partial charge in [-0.3, -0.25) is 9.89 Å². The average molecular weight is 594 g/mol. The molecule has 1 aromatic carbocycles. The summed E-state index contributed by atoms with van der Waals surface area (Å²) in [6.45, 7) is 0. The monoisotopic (exact) mass is 593 g/mol. The fourth-order valence-electron chi connectivity index (χ4n) is 2.95. The van der Waals surface area contributed by atoms with Crippen LogP contribution in [0.5, 0.6) is 6.01 Å². The summed E-state index contributed by atoms with van der Waals surface area (Å²) in [5.74, 6) is -2.34. The van der Waals surface area contributed by atoms with E-state index in [4.69, 9.17) is 26.2 Å². The molecule has 4 aromatic heterocycles. The number of fused-ring (bicyclic) bond motifs is 1. The van der Waals surface area contributed by atoms with Crippen molar-refractivity contribution in [1.29, 1.82) is 0 Å². The zero-order valence-electron chi connectivity index (χ0n) is 19.9. The molecule has 0 aliphatic rings. The summed E-state index contributed by atoms with van der Waals surface area (Å²) in [4.78, 5) is 37.9. The third-order valence-corrected chi connectivity index (χ3v) is 5.84. The number of methoxy groups -OCH3 is 1. The number of benzene rings is 1. The molecule has 1 amide bonds. The number of carboxylic acids is 1. The van der Waals surface area contributed by atoms with Crippen LogP contribution in [0.3, 0.4) is 0 Å². The van der Waals surface area contributed by atoms with Crippen molar-refractivity contribution >= 4 is 62.5 Å². The van der Waals surface area contributed by atoms with E-state index in [1.165, 1.54) is 31.0 Å². The second-order valence-corrected chi connectivity index (χ2v) is 8.58.